The number of nitrogens with two attached hydrogens (primary N) is 1. The summed E-state index contributed by atoms with van der Waals surface area (Å²) in [6.45, 7) is 3.61. The fraction of sp³-hybridized carbons (Fsp3) is 0.526. The number of hydrogen-bond donors (Lipinski definition) is 1. The van der Waals surface area contributed by atoms with Crippen LogP contribution in [0.2, 0.25) is 0 Å². The van der Waals surface area contributed by atoms with Crippen LogP contribution in [0.4, 0.5) is 11.4 Å². The monoisotopic (exact) mass is 342 g/mol. The Labute approximate surface area is 148 Å². The molecule has 2 N–H and O–H groups in total. The number of aromatic nitrogens is 2. The second-order valence-corrected chi connectivity index (χ2v) is 7.04. The van der Waals surface area contributed by atoms with Gasteiger partial charge in [-0.05, 0) is 25.8 Å². The van der Waals surface area contributed by atoms with Crippen molar-refractivity contribution >= 4 is 11.4 Å². The van der Waals surface area contributed by atoms with Crippen LogP contribution in [0.5, 0.6) is 0 Å². The van der Waals surface area contributed by atoms with Crippen LogP contribution in [0, 0.1) is 0 Å². The molecule has 6 heteroatoms. The van der Waals surface area contributed by atoms with Gasteiger partial charge in [0.05, 0.1) is 48.1 Å². The van der Waals surface area contributed by atoms with E-state index in [1.165, 1.54) is 16.8 Å². The van der Waals surface area contributed by atoms with Crippen molar-refractivity contribution in [3.8, 4) is 11.1 Å². The minimum absolute atomic E-state index is 0.142. The number of hydrogen-bond acceptors (Lipinski definition) is 5. The van der Waals surface area contributed by atoms with E-state index in [1.54, 1.807) is 7.11 Å². The molecule has 0 aliphatic carbocycles. The maximum atomic E-state index is 6.25. The number of para-hydroxylation sites is 1. The van der Waals surface area contributed by atoms with Crippen LogP contribution in [0.3, 0.4) is 0 Å². The number of anilines is 2. The number of methoxy groups -OCH3 is 1. The zero-order chi connectivity index (χ0) is 17.6. The third kappa shape index (κ3) is 2.60. The van der Waals surface area contributed by atoms with Gasteiger partial charge < -0.3 is 20.1 Å². The van der Waals surface area contributed by atoms with Crippen LogP contribution in [0.1, 0.15) is 37.5 Å². The molecule has 0 radical (unpaired) electrons. The Morgan fingerprint density at radius 3 is 3.00 bits per heavy atom. The molecule has 1 aromatic carbocycles. The van der Waals surface area contributed by atoms with Gasteiger partial charge in [0.1, 0.15) is 0 Å². The molecular formula is C19H26N4O2. The first kappa shape index (κ1) is 16.4. The normalized spacial score (nSPS) is 25.6. The van der Waals surface area contributed by atoms with Crippen molar-refractivity contribution in [3.63, 3.8) is 0 Å². The Morgan fingerprint density at radius 2 is 2.20 bits per heavy atom. The van der Waals surface area contributed by atoms with Crippen LogP contribution in [0.25, 0.3) is 11.1 Å². The van der Waals surface area contributed by atoms with Crippen LogP contribution in [-0.2, 0) is 9.47 Å². The molecule has 3 heterocycles. The molecular weight excluding hydrogens is 316 g/mol. The number of nitrogen functional groups attached to an aromatic ring is 1. The number of fused-ring (bicyclic) bond motifs is 3. The highest BCUT2D eigenvalue weighted by atomic mass is 16.5. The average molecular weight is 342 g/mol. The van der Waals surface area contributed by atoms with E-state index < -0.39 is 0 Å². The first-order chi connectivity index (χ1) is 12.1. The van der Waals surface area contributed by atoms with Crippen molar-refractivity contribution in [2.45, 2.75) is 38.0 Å². The van der Waals surface area contributed by atoms with Crippen LogP contribution in [0.15, 0.2) is 24.4 Å². The van der Waals surface area contributed by atoms with Crippen LogP contribution >= 0.6 is 0 Å². The molecule has 3 atom stereocenters. The molecule has 0 spiro atoms. The van der Waals surface area contributed by atoms with Crippen molar-refractivity contribution in [3.05, 3.63) is 30.1 Å². The average Bonchev–Trinajstić information content (AvgIpc) is 3.05. The fourth-order valence-electron chi connectivity index (χ4n) is 4.22. The Morgan fingerprint density at radius 1 is 1.36 bits per heavy atom. The van der Waals surface area contributed by atoms with E-state index in [9.17, 15) is 0 Å². The van der Waals surface area contributed by atoms with Crippen molar-refractivity contribution in [2.24, 2.45) is 0 Å². The summed E-state index contributed by atoms with van der Waals surface area (Å²) < 4.78 is 13.3. The highest BCUT2D eigenvalue weighted by Crippen LogP contribution is 2.47. The van der Waals surface area contributed by atoms with Gasteiger partial charge in [0.25, 0.3) is 0 Å². The van der Waals surface area contributed by atoms with Gasteiger partial charge in [-0.3, -0.25) is 4.68 Å². The molecule has 134 valence electrons. The van der Waals surface area contributed by atoms with Gasteiger partial charge in [-0.1, -0.05) is 12.1 Å². The van der Waals surface area contributed by atoms with Gasteiger partial charge in [-0.15, -0.1) is 0 Å². The van der Waals surface area contributed by atoms with E-state index in [0.29, 0.717) is 12.6 Å². The zero-order valence-electron chi connectivity index (χ0n) is 15.1. The molecule has 1 saturated heterocycles. The van der Waals surface area contributed by atoms with Gasteiger partial charge in [-0.25, -0.2) is 0 Å². The Hall–Kier alpha value is -2.05. The minimum Gasteiger partial charge on any atom is -0.397 e. The smallest absolute Gasteiger partial charge is 0.0828 e. The lowest BCUT2D eigenvalue weighted by atomic mass is 9.93. The molecule has 1 fully saturated rings. The van der Waals surface area contributed by atoms with E-state index in [-0.39, 0.29) is 12.1 Å². The third-order valence-electron chi connectivity index (χ3n) is 5.56. The number of benzene rings is 1. The molecule has 25 heavy (non-hydrogen) atoms. The van der Waals surface area contributed by atoms with E-state index in [4.69, 9.17) is 20.3 Å². The zero-order valence-corrected chi connectivity index (χ0v) is 15.1. The Kier molecular flexibility index (Phi) is 4.17. The lowest BCUT2D eigenvalue weighted by Crippen LogP contribution is -2.34. The molecule has 3 unspecified atom stereocenters. The van der Waals surface area contributed by atoms with Gasteiger partial charge in [-0.2, -0.15) is 5.10 Å². The lowest BCUT2D eigenvalue weighted by Gasteiger charge is -2.37. The molecule has 2 aliphatic heterocycles. The van der Waals surface area contributed by atoms with Crippen molar-refractivity contribution in [2.75, 3.05) is 38.0 Å². The van der Waals surface area contributed by atoms with E-state index in [1.807, 2.05) is 18.3 Å². The van der Waals surface area contributed by atoms with Crippen LogP contribution < -0.4 is 10.6 Å². The molecule has 0 amide bonds. The van der Waals surface area contributed by atoms with Crippen molar-refractivity contribution < 1.29 is 9.47 Å². The number of nitrogens with zero attached hydrogens (tertiary/aromatic N) is 3. The molecule has 2 aliphatic rings. The summed E-state index contributed by atoms with van der Waals surface area (Å²) in [5.74, 6) is 0. The summed E-state index contributed by atoms with van der Waals surface area (Å²) in [5, 5.41) is 4.78. The number of rotatable bonds is 3. The van der Waals surface area contributed by atoms with Gasteiger partial charge in [0, 0.05) is 31.9 Å². The molecule has 0 bridgehead atoms. The van der Waals surface area contributed by atoms with Crippen molar-refractivity contribution in [1.82, 2.24) is 9.78 Å². The van der Waals surface area contributed by atoms with Crippen molar-refractivity contribution in [1.29, 1.82) is 0 Å². The van der Waals surface area contributed by atoms with Gasteiger partial charge >= 0.3 is 0 Å². The summed E-state index contributed by atoms with van der Waals surface area (Å²) in [7, 11) is 3.83. The highest BCUT2D eigenvalue weighted by molar-refractivity contribution is 5.90. The molecule has 2 aromatic rings. The predicted octanol–water partition coefficient (Wildman–Crippen LogP) is 3.01. The quantitative estimate of drug-likeness (QED) is 0.869. The standard InChI is InChI=1S/C19H26N4O2/c1-12-18-16(15-5-4-6-17(20)19(15)22(12)2)10-21-23(18)13-7-8-25-14(9-13)11-24-3/h4-6,10,12-14H,7-9,11,20H2,1-3H3. The molecule has 1 aromatic heterocycles. The lowest BCUT2D eigenvalue weighted by molar-refractivity contribution is -0.0467. The predicted molar refractivity (Wildman–Crippen MR) is 98.8 cm³/mol. The minimum atomic E-state index is 0.142. The maximum Gasteiger partial charge on any atom is 0.0828 e. The number of ether oxygens (including phenoxy) is 2. The largest absolute Gasteiger partial charge is 0.397 e. The summed E-state index contributed by atoms with van der Waals surface area (Å²) in [6.07, 6.45) is 4.05. The summed E-state index contributed by atoms with van der Waals surface area (Å²) in [4.78, 5) is 2.26. The Balaban J connectivity index is 1.75. The van der Waals surface area contributed by atoms with Crippen LogP contribution in [-0.4, -0.2) is 43.3 Å². The molecule has 0 saturated carbocycles. The van der Waals surface area contributed by atoms with E-state index in [0.717, 1.165) is 30.8 Å². The van der Waals surface area contributed by atoms with Gasteiger partial charge in [0.2, 0.25) is 0 Å². The first-order valence-corrected chi connectivity index (χ1v) is 8.91. The molecule has 4 rings (SSSR count). The van der Waals surface area contributed by atoms with E-state index in [2.05, 4.69) is 29.6 Å². The first-order valence-electron chi connectivity index (χ1n) is 8.91. The highest BCUT2D eigenvalue weighted by Gasteiger charge is 2.34. The topological polar surface area (TPSA) is 65.5 Å². The summed E-state index contributed by atoms with van der Waals surface area (Å²) in [6, 6.07) is 6.68. The molecule has 6 nitrogen and oxygen atoms in total. The second-order valence-electron chi connectivity index (χ2n) is 7.04. The maximum absolute atomic E-state index is 6.25. The third-order valence-corrected chi connectivity index (χ3v) is 5.56. The summed E-state index contributed by atoms with van der Waals surface area (Å²) >= 11 is 0. The fourth-order valence-corrected chi connectivity index (χ4v) is 4.22. The second kappa shape index (κ2) is 6.35. The SMILES string of the molecule is COCC1CC(n2ncc3c2C(C)N(C)c2c(N)cccc2-3)CCO1. The van der Waals surface area contributed by atoms with Gasteiger partial charge in [0.15, 0.2) is 0 Å². The Bertz CT molecular complexity index is 771. The van der Waals surface area contributed by atoms with E-state index >= 15 is 0 Å². The summed E-state index contributed by atoms with van der Waals surface area (Å²) in [5.41, 5.74) is 11.8.